The Balaban J connectivity index is 1.47. The molecular formula is C26H34N2O5. The molecule has 0 saturated heterocycles. The maximum Gasteiger partial charge on any atom is 0.410 e. The second-order valence-corrected chi connectivity index (χ2v) is 9.52. The van der Waals surface area contributed by atoms with Crippen LogP contribution in [0.3, 0.4) is 0 Å². The normalized spacial score (nSPS) is 15.3. The molecule has 0 unspecified atom stereocenters. The largest absolute Gasteiger partial charge is 0.482 e. The molecule has 2 amide bonds. The number of aryl methyl sites for hydroxylation is 1. The zero-order valence-electron chi connectivity index (χ0n) is 19.8. The molecule has 0 radical (unpaired) electrons. The predicted molar refractivity (Wildman–Crippen MR) is 127 cm³/mol. The summed E-state index contributed by atoms with van der Waals surface area (Å²) in [5.74, 6) is 0.674. The molecule has 0 aromatic heterocycles. The number of rotatable bonds is 9. The number of benzene rings is 1. The first-order valence-electron chi connectivity index (χ1n) is 11.6. The predicted octanol–water partition coefficient (Wildman–Crippen LogP) is 4.81. The molecule has 7 nitrogen and oxygen atoms in total. The van der Waals surface area contributed by atoms with Crippen molar-refractivity contribution in [3.63, 3.8) is 0 Å². The molecule has 2 aliphatic rings. The van der Waals surface area contributed by atoms with E-state index in [1.807, 2.05) is 45.0 Å². The first kappa shape index (κ1) is 24.6. The number of fused-ring (bicyclic) bond motifs is 1. The van der Waals surface area contributed by atoms with Crippen LogP contribution in [0.25, 0.3) is 0 Å². The van der Waals surface area contributed by atoms with Crippen molar-refractivity contribution in [2.75, 3.05) is 25.0 Å². The average Bonchev–Trinajstić information content (AvgIpc) is 2.74. The summed E-state index contributed by atoms with van der Waals surface area (Å²) in [6.07, 6.45) is 9.77. The Hall–Kier alpha value is -3.09. The second kappa shape index (κ2) is 11.2. The molecule has 7 heteroatoms. The minimum absolute atomic E-state index is 0.0603. The van der Waals surface area contributed by atoms with Crippen LogP contribution in [0.4, 0.5) is 10.5 Å². The van der Waals surface area contributed by atoms with Crippen molar-refractivity contribution in [1.29, 1.82) is 0 Å². The van der Waals surface area contributed by atoms with Crippen molar-refractivity contribution in [2.24, 2.45) is 0 Å². The number of amides is 2. The van der Waals surface area contributed by atoms with Gasteiger partial charge in [-0.15, -0.1) is 0 Å². The van der Waals surface area contributed by atoms with E-state index in [-0.39, 0.29) is 24.4 Å². The molecule has 1 aromatic carbocycles. The van der Waals surface area contributed by atoms with Crippen LogP contribution in [0, 0.1) is 0 Å². The molecule has 1 aromatic rings. The Morgan fingerprint density at radius 1 is 1.12 bits per heavy atom. The van der Waals surface area contributed by atoms with Crippen molar-refractivity contribution in [1.82, 2.24) is 4.90 Å². The summed E-state index contributed by atoms with van der Waals surface area (Å²) >= 11 is 0. The number of unbranched alkanes of at least 4 members (excludes halogenated alkanes) is 2. The Labute approximate surface area is 195 Å². The number of nitrogens with one attached hydrogen (secondary N) is 1. The summed E-state index contributed by atoms with van der Waals surface area (Å²) in [6, 6.07) is 5.89. The van der Waals surface area contributed by atoms with Crippen molar-refractivity contribution in [3.8, 4) is 5.75 Å². The molecule has 178 valence electrons. The monoisotopic (exact) mass is 454 g/mol. The highest BCUT2D eigenvalue weighted by atomic mass is 16.6. The zero-order valence-corrected chi connectivity index (χ0v) is 19.8. The first-order valence-corrected chi connectivity index (χ1v) is 11.6. The molecule has 1 aliphatic carbocycles. The van der Waals surface area contributed by atoms with E-state index in [2.05, 4.69) is 5.32 Å². The Morgan fingerprint density at radius 2 is 1.94 bits per heavy atom. The summed E-state index contributed by atoms with van der Waals surface area (Å²) in [5, 5.41) is 2.84. The number of hydrogen-bond donors (Lipinski definition) is 1. The van der Waals surface area contributed by atoms with Gasteiger partial charge in [0.15, 0.2) is 12.4 Å². The third-order valence-electron chi connectivity index (χ3n) is 5.44. The van der Waals surface area contributed by atoms with Crippen LogP contribution < -0.4 is 10.1 Å². The van der Waals surface area contributed by atoms with Gasteiger partial charge in [-0.25, -0.2) is 4.79 Å². The highest BCUT2D eigenvalue weighted by molar-refractivity contribution is 5.95. The highest BCUT2D eigenvalue weighted by Gasteiger charge is 2.22. The summed E-state index contributed by atoms with van der Waals surface area (Å²) in [5.41, 5.74) is 2.36. The van der Waals surface area contributed by atoms with Gasteiger partial charge in [-0.1, -0.05) is 30.2 Å². The van der Waals surface area contributed by atoms with Gasteiger partial charge in [0.05, 0.1) is 5.69 Å². The number of hydrogen-bond acceptors (Lipinski definition) is 5. The Kier molecular flexibility index (Phi) is 8.31. The lowest BCUT2D eigenvalue weighted by molar-refractivity contribution is -0.118. The van der Waals surface area contributed by atoms with Gasteiger partial charge >= 0.3 is 6.09 Å². The van der Waals surface area contributed by atoms with Crippen LogP contribution in [0.2, 0.25) is 0 Å². The Bertz CT molecular complexity index is 942. The molecule has 0 saturated carbocycles. The zero-order chi connectivity index (χ0) is 23.8. The molecule has 0 fully saturated rings. The van der Waals surface area contributed by atoms with Crippen LogP contribution in [0.15, 0.2) is 42.0 Å². The fraction of sp³-hybridized carbons (Fsp3) is 0.500. The maximum atomic E-state index is 12.7. The van der Waals surface area contributed by atoms with E-state index in [4.69, 9.17) is 9.47 Å². The number of carbonyl (C=O) groups excluding carboxylic acids is 3. The summed E-state index contributed by atoms with van der Waals surface area (Å²) in [4.78, 5) is 37.6. The fourth-order valence-electron chi connectivity index (χ4n) is 3.80. The van der Waals surface area contributed by atoms with Crippen molar-refractivity contribution < 1.29 is 23.9 Å². The lowest BCUT2D eigenvalue weighted by Crippen LogP contribution is -2.38. The van der Waals surface area contributed by atoms with Gasteiger partial charge in [-0.2, -0.15) is 0 Å². The van der Waals surface area contributed by atoms with E-state index in [1.165, 1.54) is 0 Å². The third-order valence-corrected chi connectivity index (χ3v) is 5.44. The third kappa shape index (κ3) is 8.08. The van der Waals surface area contributed by atoms with Gasteiger partial charge in [0.25, 0.3) is 5.91 Å². The SMILES string of the molecule is CC(C)(C)OC(=O)N(CCCCCc1ccc2c(c1)NC(=O)CO2)CCC1=CC=CC(=O)C1. The number of nitrogens with zero attached hydrogens (tertiary/aromatic N) is 1. The number of ketones is 1. The van der Waals surface area contributed by atoms with Gasteiger partial charge in [0, 0.05) is 19.5 Å². The molecule has 33 heavy (non-hydrogen) atoms. The topological polar surface area (TPSA) is 84.9 Å². The van der Waals surface area contributed by atoms with Crippen molar-refractivity contribution in [3.05, 3.63) is 47.6 Å². The molecule has 3 rings (SSSR count). The van der Waals surface area contributed by atoms with Crippen LogP contribution in [0.5, 0.6) is 5.75 Å². The van der Waals surface area contributed by atoms with Gasteiger partial charge in [0.2, 0.25) is 0 Å². The standard InChI is InChI=1S/C26H34N2O5/c1-26(2,3)33-25(31)28(15-13-20-9-7-10-21(29)16-20)14-6-4-5-8-19-11-12-23-22(17-19)27-24(30)18-32-23/h7,9-12,17H,4-6,8,13-16,18H2,1-3H3,(H,27,30). The van der Waals surface area contributed by atoms with Gasteiger partial charge in [-0.3, -0.25) is 9.59 Å². The molecule has 1 aliphatic heterocycles. The van der Waals surface area contributed by atoms with E-state index in [0.29, 0.717) is 31.7 Å². The molecule has 1 N–H and O–H groups in total. The smallest absolute Gasteiger partial charge is 0.410 e. The Morgan fingerprint density at radius 3 is 2.70 bits per heavy atom. The van der Waals surface area contributed by atoms with Crippen molar-refractivity contribution in [2.45, 2.75) is 64.9 Å². The number of anilines is 1. The van der Waals surface area contributed by atoms with Crippen LogP contribution in [-0.2, 0) is 20.7 Å². The van der Waals surface area contributed by atoms with Crippen molar-refractivity contribution >= 4 is 23.5 Å². The van der Waals surface area contributed by atoms with Gasteiger partial charge in [0.1, 0.15) is 11.4 Å². The lowest BCUT2D eigenvalue weighted by Gasteiger charge is -2.28. The van der Waals surface area contributed by atoms with Crippen LogP contribution in [-0.4, -0.2) is 48.0 Å². The van der Waals surface area contributed by atoms with E-state index in [0.717, 1.165) is 42.5 Å². The summed E-state index contributed by atoms with van der Waals surface area (Å²) < 4.78 is 11.0. The number of carbonyl (C=O) groups is 3. The van der Waals surface area contributed by atoms with E-state index < -0.39 is 5.60 Å². The fourth-order valence-corrected chi connectivity index (χ4v) is 3.80. The van der Waals surface area contributed by atoms with E-state index in [9.17, 15) is 14.4 Å². The summed E-state index contributed by atoms with van der Waals surface area (Å²) in [6.45, 7) is 6.80. The molecule has 0 atom stereocenters. The average molecular weight is 455 g/mol. The van der Waals surface area contributed by atoms with Gasteiger partial charge in [-0.05, 0) is 70.2 Å². The van der Waals surface area contributed by atoms with Crippen LogP contribution >= 0.6 is 0 Å². The lowest BCUT2D eigenvalue weighted by atomic mass is 10.0. The highest BCUT2D eigenvalue weighted by Crippen LogP contribution is 2.29. The first-order chi connectivity index (χ1) is 15.7. The maximum absolute atomic E-state index is 12.7. The van der Waals surface area contributed by atoms with Gasteiger partial charge < -0.3 is 19.7 Å². The summed E-state index contributed by atoms with van der Waals surface area (Å²) in [7, 11) is 0. The molecule has 1 heterocycles. The number of ether oxygens (including phenoxy) is 2. The van der Waals surface area contributed by atoms with E-state index in [1.54, 1.807) is 17.1 Å². The molecular weight excluding hydrogens is 420 g/mol. The minimum atomic E-state index is -0.552. The minimum Gasteiger partial charge on any atom is -0.482 e. The van der Waals surface area contributed by atoms with E-state index >= 15 is 0 Å². The van der Waals surface area contributed by atoms with Crippen LogP contribution in [0.1, 0.15) is 58.4 Å². The second-order valence-electron chi connectivity index (χ2n) is 9.52. The molecule has 0 bridgehead atoms. The quantitative estimate of drug-likeness (QED) is 0.541. The number of allylic oxidation sites excluding steroid dienone is 3. The molecule has 0 spiro atoms.